The summed E-state index contributed by atoms with van der Waals surface area (Å²) in [4.78, 5) is 28.4. The lowest BCUT2D eigenvalue weighted by molar-refractivity contribution is 0.102. The number of carbonyl (C=O) groups is 1. The van der Waals surface area contributed by atoms with Gasteiger partial charge in [-0.15, -0.1) is 0 Å². The van der Waals surface area contributed by atoms with Crippen molar-refractivity contribution in [1.82, 2.24) is 19.9 Å². The molecule has 0 saturated heterocycles. The number of aromatic amines is 1. The smallest absolute Gasteiger partial charge is 0.274 e. The van der Waals surface area contributed by atoms with Crippen LogP contribution in [0.15, 0.2) is 89.9 Å². The number of ether oxygens (including phenoxy) is 1. The van der Waals surface area contributed by atoms with Gasteiger partial charge in [0.05, 0.1) is 11.1 Å². The van der Waals surface area contributed by atoms with Crippen LogP contribution in [0.4, 0.5) is 5.69 Å². The molecule has 0 aliphatic heterocycles. The van der Waals surface area contributed by atoms with Crippen LogP contribution in [0.5, 0.6) is 11.5 Å². The SMILES string of the molecule is O=C(Nc1ccc(Oc2ccnc3[nH]ccc23)cc1)c1cc(-c2ccc(Br)cc2)ncn1. The number of benzene rings is 2. The highest BCUT2D eigenvalue weighted by Gasteiger charge is 2.11. The van der Waals surface area contributed by atoms with Gasteiger partial charge in [0.15, 0.2) is 0 Å². The summed E-state index contributed by atoms with van der Waals surface area (Å²) in [5, 5.41) is 3.75. The summed E-state index contributed by atoms with van der Waals surface area (Å²) in [5.41, 5.74) is 3.25. The molecule has 0 aliphatic carbocycles. The van der Waals surface area contributed by atoms with Crippen LogP contribution in [-0.2, 0) is 0 Å². The largest absolute Gasteiger partial charge is 0.457 e. The molecule has 3 aromatic heterocycles. The van der Waals surface area contributed by atoms with Crippen molar-refractivity contribution in [3.8, 4) is 22.8 Å². The van der Waals surface area contributed by atoms with Gasteiger partial charge in [-0.25, -0.2) is 15.0 Å². The molecule has 0 bridgehead atoms. The lowest BCUT2D eigenvalue weighted by Gasteiger charge is -2.09. The molecule has 0 saturated carbocycles. The molecule has 5 rings (SSSR count). The first-order valence-corrected chi connectivity index (χ1v) is 10.5. The number of fused-ring (bicyclic) bond motifs is 1. The number of amides is 1. The Morgan fingerprint density at radius 2 is 1.75 bits per heavy atom. The standard InChI is InChI=1S/C24H16BrN5O2/c25-16-3-1-15(2-4-16)20-13-21(29-14-28-20)24(31)30-17-5-7-18(8-6-17)32-22-10-12-27-23-19(22)9-11-26-23/h1-14H,(H,26,27)(H,30,31). The predicted molar refractivity (Wildman–Crippen MR) is 126 cm³/mol. The van der Waals surface area contributed by atoms with Crippen molar-refractivity contribution in [1.29, 1.82) is 0 Å². The van der Waals surface area contributed by atoms with E-state index in [0.29, 0.717) is 22.9 Å². The number of halogens is 1. The first-order chi connectivity index (χ1) is 15.7. The van der Waals surface area contributed by atoms with Crippen molar-refractivity contribution in [2.45, 2.75) is 0 Å². The number of H-pyrrole nitrogens is 1. The summed E-state index contributed by atoms with van der Waals surface area (Å²) in [6.07, 6.45) is 4.89. The van der Waals surface area contributed by atoms with E-state index < -0.39 is 0 Å². The van der Waals surface area contributed by atoms with Gasteiger partial charge < -0.3 is 15.0 Å². The topological polar surface area (TPSA) is 92.8 Å². The van der Waals surface area contributed by atoms with Gasteiger partial charge in [0.1, 0.15) is 29.2 Å². The molecule has 0 fully saturated rings. The fraction of sp³-hybridized carbons (Fsp3) is 0. The van der Waals surface area contributed by atoms with E-state index in [1.54, 1.807) is 36.5 Å². The van der Waals surface area contributed by atoms with Gasteiger partial charge >= 0.3 is 0 Å². The zero-order valence-electron chi connectivity index (χ0n) is 16.6. The lowest BCUT2D eigenvalue weighted by Crippen LogP contribution is -2.14. The molecular formula is C24H16BrN5O2. The van der Waals surface area contributed by atoms with Crippen molar-refractivity contribution in [2.24, 2.45) is 0 Å². The van der Waals surface area contributed by atoms with E-state index in [-0.39, 0.29) is 11.6 Å². The molecule has 5 aromatic rings. The molecule has 0 unspecified atom stereocenters. The van der Waals surface area contributed by atoms with E-state index in [2.05, 4.69) is 41.2 Å². The molecule has 0 aliphatic rings. The number of aromatic nitrogens is 4. The monoisotopic (exact) mass is 485 g/mol. The van der Waals surface area contributed by atoms with Gasteiger partial charge in [-0.05, 0) is 54.6 Å². The first kappa shape index (κ1) is 19.9. The van der Waals surface area contributed by atoms with Gasteiger partial charge in [0.25, 0.3) is 5.91 Å². The van der Waals surface area contributed by atoms with Crippen molar-refractivity contribution in [3.05, 3.63) is 95.6 Å². The van der Waals surface area contributed by atoms with Gasteiger partial charge in [-0.2, -0.15) is 0 Å². The van der Waals surface area contributed by atoms with E-state index >= 15 is 0 Å². The number of hydrogen-bond donors (Lipinski definition) is 2. The fourth-order valence-electron chi connectivity index (χ4n) is 3.21. The summed E-state index contributed by atoms with van der Waals surface area (Å²) in [6, 6.07) is 20.2. The van der Waals surface area contributed by atoms with E-state index in [4.69, 9.17) is 4.74 Å². The second kappa shape index (κ2) is 8.60. The summed E-state index contributed by atoms with van der Waals surface area (Å²) in [5.74, 6) is 1.04. The fourth-order valence-corrected chi connectivity index (χ4v) is 3.48. The summed E-state index contributed by atoms with van der Waals surface area (Å²) < 4.78 is 6.95. The van der Waals surface area contributed by atoms with Crippen molar-refractivity contribution in [3.63, 3.8) is 0 Å². The maximum atomic E-state index is 12.7. The highest BCUT2D eigenvalue weighted by atomic mass is 79.9. The number of nitrogens with one attached hydrogen (secondary N) is 2. The van der Waals surface area contributed by atoms with E-state index in [1.165, 1.54) is 6.33 Å². The minimum atomic E-state index is -0.317. The predicted octanol–water partition coefficient (Wildman–Crippen LogP) is 5.83. The molecule has 156 valence electrons. The van der Waals surface area contributed by atoms with E-state index in [0.717, 1.165) is 21.1 Å². The number of rotatable bonds is 5. The molecule has 0 spiro atoms. The molecule has 2 aromatic carbocycles. The minimum absolute atomic E-state index is 0.282. The van der Waals surface area contributed by atoms with E-state index in [1.807, 2.05) is 42.6 Å². The van der Waals surface area contributed by atoms with Crippen LogP contribution in [0.25, 0.3) is 22.3 Å². The van der Waals surface area contributed by atoms with Crippen LogP contribution in [0.3, 0.4) is 0 Å². The average molecular weight is 486 g/mol. The van der Waals surface area contributed by atoms with Crippen LogP contribution in [0, 0.1) is 0 Å². The molecule has 2 N–H and O–H groups in total. The second-order valence-electron chi connectivity index (χ2n) is 6.92. The highest BCUT2D eigenvalue weighted by Crippen LogP contribution is 2.29. The Hall–Kier alpha value is -4.04. The Bertz CT molecular complexity index is 1400. The van der Waals surface area contributed by atoms with Gasteiger partial charge in [0, 0.05) is 28.1 Å². The van der Waals surface area contributed by atoms with Gasteiger partial charge in [-0.1, -0.05) is 28.1 Å². The van der Waals surface area contributed by atoms with Gasteiger partial charge in [-0.3, -0.25) is 4.79 Å². The number of carbonyl (C=O) groups excluding carboxylic acids is 1. The Labute approximate surface area is 191 Å². The quantitative estimate of drug-likeness (QED) is 0.326. The third-order valence-electron chi connectivity index (χ3n) is 4.80. The Morgan fingerprint density at radius 1 is 0.938 bits per heavy atom. The summed E-state index contributed by atoms with van der Waals surface area (Å²) in [6.45, 7) is 0. The van der Waals surface area contributed by atoms with Crippen molar-refractivity contribution >= 4 is 38.6 Å². The Balaban J connectivity index is 1.29. The molecule has 0 atom stereocenters. The number of hydrogen-bond acceptors (Lipinski definition) is 5. The third kappa shape index (κ3) is 4.21. The zero-order valence-corrected chi connectivity index (χ0v) is 18.2. The molecule has 8 heteroatoms. The Morgan fingerprint density at radius 3 is 2.56 bits per heavy atom. The maximum absolute atomic E-state index is 12.7. The van der Waals surface area contributed by atoms with Crippen molar-refractivity contribution in [2.75, 3.05) is 5.32 Å². The molecule has 32 heavy (non-hydrogen) atoms. The molecule has 7 nitrogen and oxygen atoms in total. The zero-order chi connectivity index (χ0) is 21.9. The van der Waals surface area contributed by atoms with Crippen LogP contribution < -0.4 is 10.1 Å². The maximum Gasteiger partial charge on any atom is 0.274 e. The van der Waals surface area contributed by atoms with Crippen LogP contribution in [0.1, 0.15) is 10.5 Å². The normalized spacial score (nSPS) is 10.8. The average Bonchev–Trinajstić information content (AvgIpc) is 3.31. The number of anilines is 1. The molecular weight excluding hydrogens is 470 g/mol. The molecule has 3 heterocycles. The summed E-state index contributed by atoms with van der Waals surface area (Å²) >= 11 is 3.41. The first-order valence-electron chi connectivity index (χ1n) is 9.75. The van der Waals surface area contributed by atoms with Crippen LogP contribution >= 0.6 is 15.9 Å². The Kier molecular flexibility index (Phi) is 5.35. The van der Waals surface area contributed by atoms with Crippen molar-refractivity contribution < 1.29 is 9.53 Å². The molecule has 0 radical (unpaired) electrons. The van der Waals surface area contributed by atoms with Crippen LogP contribution in [0.2, 0.25) is 0 Å². The van der Waals surface area contributed by atoms with Crippen LogP contribution in [-0.4, -0.2) is 25.8 Å². The third-order valence-corrected chi connectivity index (χ3v) is 5.33. The number of pyridine rings is 1. The lowest BCUT2D eigenvalue weighted by atomic mass is 10.1. The minimum Gasteiger partial charge on any atom is -0.457 e. The second-order valence-corrected chi connectivity index (χ2v) is 7.84. The summed E-state index contributed by atoms with van der Waals surface area (Å²) in [7, 11) is 0. The van der Waals surface area contributed by atoms with E-state index in [9.17, 15) is 4.79 Å². The number of nitrogens with zero attached hydrogens (tertiary/aromatic N) is 3. The van der Waals surface area contributed by atoms with Gasteiger partial charge in [0.2, 0.25) is 0 Å². The highest BCUT2D eigenvalue weighted by molar-refractivity contribution is 9.10. The molecule has 1 amide bonds.